The van der Waals surface area contributed by atoms with Crippen LogP contribution in [0.5, 0.6) is 0 Å². The van der Waals surface area contributed by atoms with Crippen LogP contribution < -0.4 is 4.90 Å². The molecule has 0 radical (unpaired) electrons. The highest BCUT2D eigenvalue weighted by Crippen LogP contribution is 2.32. The monoisotopic (exact) mass is 364 g/mol. The van der Waals surface area contributed by atoms with Crippen LogP contribution in [0.2, 0.25) is 0 Å². The first-order valence-electron chi connectivity index (χ1n) is 10.5. The summed E-state index contributed by atoms with van der Waals surface area (Å²) in [6.07, 6.45) is 6.63. The van der Waals surface area contributed by atoms with Crippen molar-refractivity contribution < 1.29 is 0 Å². The van der Waals surface area contributed by atoms with E-state index in [1.807, 2.05) is 6.92 Å². The lowest BCUT2D eigenvalue weighted by Crippen LogP contribution is -2.47. The highest BCUT2D eigenvalue weighted by Gasteiger charge is 2.32. The van der Waals surface area contributed by atoms with Gasteiger partial charge in [0.2, 0.25) is 0 Å². The third-order valence-corrected chi connectivity index (χ3v) is 6.36. The smallest absolute Gasteiger partial charge is 0.151 e. The average molecular weight is 365 g/mol. The molecule has 1 aromatic heterocycles. The van der Waals surface area contributed by atoms with Crippen LogP contribution in [0, 0.1) is 19.8 Å². The van der Waals surface area contributed by atoms with Crippen LogP contribution in [-0.4, -0.2) is 40.8 Å². The highest BCUT2D eigenvalue weighted by molar-refractivity contribution is 5.37. The van der Waals surface area contributed by atoms with Gasteiger partial charge in [-0.05, 0) is 69.7 Å². The fourth-order valence-corrected chi connectivity index (χ4v) is 4.75. The SMILES string of the molecule is Cc1ccc(CN2CCCCC2C2CCN(c3ccc(C)nn3)CC2)cc1. The summed E-state index contributed by atoms with van der Waals surface area (Å²) in [7, 11) is 0. The van der Waals surface area contributed by atoms with Gasteiger partial charge in [0.25, 0.3) is 0 Å². The highest BCUT2D eigenvalue weighted by atomic mass is 15.3. The van der Waals surface area contributed by atoms with Gasteiger partial charge in [0.1, 0.15) is 0 Å². The van der Waals surface area contributed by atoms with E-state index >= 15 is 0 Å². The molecule has 2 aliphatic heterocycles. The molecule has 4 heteroatoms. The first-order valence-corrected chi connectivity index (χ1v) is 10.5. The largest absolute Gasteiger partial charge is 0.355 e. The summed E-state index contributed by atoms with van der Waals surface area (Å²) in [5, 5.41) is 8.61. The minimum Gasteiger partial charge on any atom is -0.355 e. The first kappa shape index (κ1) is 18.4. The number of benzene rings is 1. The Morgan fingerprint density at radius 3 is 2.33 bits per heavy atom. The molecular formula is C23H32N4. The molecule has 0 amide bonds. The number of aromatic nitrogens is 2. The van der Waals surface area contributed by atoms with Crippen molar-refractivity contribution in [1.29, 1.82) is 0 Å². The molecule has 0 aliphatic carbocycles. The van der Waals surface area contributed by atoms with Gasteiger partial charge in [-0.25, -0.2) is 0 Å². The minimum atomic E-state index is 0.742. The molecule has 1 atom stereocenters. The number of rotatable bonds is 4. The normalized spacial score (nSPS) is 22.1. The molecule has 0 spiro atoms. The van der Waals surface area contributed by atoms with E-state index in [0.717, 1.165) is 43.1 Å². The van der Waals surface area contributed by atoms with Gasteiger partial charge in [0, 0.05) is 25.7 Å². The average Bonchev–Trinajstić information content (AvgIpc) is 2.71. The molecule has 2 aromatic rings. The molecular weight excluding hydrogens is 332 g/mol. The van der Waals surface area contributed by atoms with E-state index in [2.05, 4.69) is 63.3 Å². The zero-order chi connectivity index (χ0) is 18.6. The molecule has 0 N–H and O–H groups in total. The summed E-state index contributed by atoms with van der Waals surface area (Å²) in [4.78, 5) is 5.18. The first-order chi connectivity index (χ1) is 13.2. The Morgan fingerprint density at radius 2 is 1.63 bits per heavy atom. The van der Waals surface area contributed by atoms with Crippen molar-refractivity contribution in [3.8, 4) is 0 Å². The Morgan fingerprint density at radius 1 is 0.852 bits per heavy atom. The maximum absolute atomic E-state index is 4.38. The van der Waals surface area contributed by atoms with Crippen molar-refractivity contribution in [2.75, 3.05) is 24.5 Å². The molecule has 2 fully saturated rings. The fourth-order valence-electron chi connectivity index (χ4n) is 4.75. The van der Waals surface area contributed by atoms with E-state index in [9.17, 15) is 0 Å². The number of aryl methyl sites for hydroxylation is 2. The Hall–Kier alpha value is -1.94. The summed E-state index contributed by atoms with van der Waals surface area (Å²) in [6.45, 7) is 8.74. The van der Waals surface area contributed by atoms with Crippen molar-refractivity contribution in [2.24, 2.45) is 5.92 Å². The molecule has 1 aromatic carbocycles. The van der Waals surface area contributed by atoms with Crippen LogP contribution in [0.25, 0.3) is 0 Å². The predicted octanol–water partition coefficient (Wildman–Crippen LogP) is 4.36. The summed E-state index contributed by atoms with van der Waals surface area (Å²) in [6, 6.07) is 14.0. The van der Waals surface area contributed by atoms with E-state index in [1.165, 1.54) is 49.8 Å². The van der Waals surface area contributed by atoms with E-state index in [0.29, 0.717) is 0 Å². The maximum atomic E-state index is 4.38. The lowest BCUT2D eigenvalue weighted by Gasteiger charge is -2.44. The van der Waals surface area contributed by atoms with Gasteiger partial charge in [-0.2, -0.15) is 5.10 Å². The van der Waals surface area contributed by atoms with Crippen molar-refractivity contribution in [3.63, 3.8) is 0 Å². The second-order valence-corrected chi connectivity index (χ2v) is 8.38. The zero-order valence-electron chi connectivity index (χ0n) is 16.8. The third kappa shape index (κ3) is 4.49. The van der Waals surface area contributed by atoms with Crippen LogP contribution >= 0.6 is 0 Å². The minimum absolute atomic E-state index is 0.742. The zero-order valence-corrected chi connectivity index (χ0v) is 16.8. The second kappa shape index (κ2) is 8.39. The van der Waals surface area contributed by atoms with Crippen LogP contribution in [0.1, 0.15) is 48.9 Å². The van der Waals surface area contributed by atoms with Crippen molar-refractivity contribution in [3.05, 3.63) is 53.2 Å². The molecule has 4 nitrogen and oxygen atoms in total. The predicted molar refractivity (Wildman–Crippen MR) is 111 cm³/mol. The summed E-state index contributed by atoms with van der Waals surface area (Å²) in [5.41, 5.74) is 3.79. The van der Waals surface area contributed by atoms with Gasteiger partial charge in [-0.3, -0.25) is 4.90 Å². The molecule has 2 saturated heterocycles. The number of hydrogen-bond acceptors (Lipinski definition) is 4. The summed E-state index contributed by atoms with van der Waals surface area (Å²) < 4.78 is 0. The number of nitrogens with zero attached hydrogens (tertiary/aromatic N) is 4. The van der Waals surface area contributed by atoms with Crippen LogP contribution in [0.15, 0.2) is 36.4 Å². The summed E-state index contributed by atoms with van der Waals surface area (Å²) >= 11 is 0. The maximum Gasteiger partial charge on any atom is 0.151 e. The Kier molecular flexibility index (Phi) is 5.72. The van der Waals surface area contributed by atoms with Crippen molar-refractivity contribution in [1.82, 2.24) is 15.1 Å². The lowest BCUT2D eigenvalue weighted by atomic mass is 9.83. The van der Waals surface area contributed by atoms with Gasteiger partial charge in [0.15, 0.2) is 5.82 Å². The summed E-state index contributed by atoms with van der Waals surface area (Å²) in [5.74, 6) is 1.85. The van der Waals surface area contributed by atoms with Crippen LogP contribution in [-0.2, 0) is 6.54 Å². The molecule has 3 heterocycles. The molecule has 4 rings (SSSR count). The molecule has 0 saturated carbocycles. The van der Waals surface area contributed by atoms with Gasteiger partial charge >= 0.3 is 0 Å². The lowest BCUT2D eigenvalue weighted by molar-refractivity contribution is 0.0806. The van der Waals surface area contributed by atoms with Gasteiger partial charge in [-0.1, -0.05) is 36.2 Å². The van der Waals surface area contributed by atoms with Gasteiger partial charge in [0.05, 0.1) is 5.69 Å². The van der Waals surface area contributed by atoms with E-state index in [1.54, 1.807) is 0 Å². The van der Waals surface area contributed by atoms with Gasteiger partial charge in [-0.15, -0.1) is 5.10 Å². The van der Waals surface area contributed by atoms with Crippen molar-refractivity contribution in [2.45, 2.75) is 58.5 Å². The van der Waals surface area contributed by atoms with Crippen LogP contribution in [0.4, 0.5) is 5.82 Å². The number of hydrogen-bond donors (Lipinski definition) is 0. The Labute approximate surface area is 163 Å². The number of likely N-dealkylation sites (tertiary alicyclic amines) is 1. The quantitative estimate of drug-likeness (QED) is 0.807. The standard InChI is InChI=1S/C23H32N4/c1-18-6-9-20(10-7-18)17-27-14-4-3-5-22(27)21-12-15-26(16-13-21)23-11-8-19(2)24-25-23/h6-11,21-22H,3-5,12-17H2,1-2H3. The van der Waals surface area contributed by atoms with Crippen molar-refractivity contribution >= 4 is 5.82 Å². The van der Waals surface area contributed by atoms with Crippen LogP contribution in [0.3, 0.4) is 0 Å². The van der Waals surface area contributed by atoms with E-state index in [-0.39, 0.29) is 0 Å². The number of anilines is 1. The molecule has 27 heavy (non-hydrogen) atoms. The second-order valence-electron chi connectivity index (χ2n) is 8.38. The topological polar surface area (TPSA) is 32.3 Å². The fraction of sp³-hybridized carbons (Fsp3) is 0.565. The molecule has 2 aliphatic rings. The number of piperidine rings is 2. The third-order valence-electron chi connectivity index (χ3n) is 6.36. The molecule has 1 unspecified atom stereocenters. The Balaban J connectivity index is 1.38. The Bertz CT molecular complexity index is 717. The molecule has 144 valence electrons. The van der Waals surface area contributed by atoms with Gasteiger partial charge < -0.3 is 4.90 Å². The van der Waals surface area contributed by atoms with E-state index < -0.39 is 0 Å². The van der Waals surface area contributed by atoms with E-state index in [4.69, 9.17) is 0 Å². The molecule has 0 bridgehead atoms.